The molecule has 1 aromatic carbocycles. The van der Waals surface area contributed by atoms with E-state index >= 15 is 0 Å². The third-order valence-electron chi connectivity index (χ3n) is 7.84. The Bertz CT molecular complexity index is 1190. The molecule has 1 saturated carbocycles. The largest absolute Gasteiger partial charge is 0.379 e. The highest BCUT2D eigenvalue weighted by molar-refractivity contribution is 6.15. The van der Waals surface area contributed by atoms with Crippen LogP contribution in [0, 0.1) is 11.8 Å². The molecule has 0 bridgehead atoms. The van der Waals surface area contributed by atoms with Crippen molar-refractivity contribution >= 4 is 41.5 Å². The van der Waals surface area contributed by atoms with Crippen LogP contribution < -0.4 is 11.1 Å². The first-order chi connectivity index (χ1) is 21.2. The lowest BCUT2D eigenvalue weighted by Crippen LogP contribution is -2.47. The van der Waals surface area contributed by atoms with E-state index in [1.54, 1.807) is 19.1 Å². The second-order valence-electron chi connectivity index (χ2n) is 11.2. The van der Waals surface area contributed by atoms with Gasteiger partial charge in [-0.1, -0.05) is 12.1 Å². The number of amides is 5. The van der Waals surface area contributed by atoms with Gasteiger partial charge in [0.2, 0.25) is 17.7 Å². The van der Waals surface area contributed by atoms with Gasteiger partial charge in [-0.25, -0.2) is 0 Å². The fourth-order valence-electron chi connectivity index (χ4n) is 5.09. The number of anilines is 1. The van der Waals surface area contributed by atoms with Crippen LogP contribution in [0.2, 0.25) is 0 Å². The number of hydrogen-bond acceptors (Lipinski definition) is 9. The lowest BCUT2D eigenvalue weighted by Gasteiger charge is -2.28. The number of benzene rings is 1. The van der Waals surface area contributed by atoms with Crippen molar-refractivity contribution in [1.82, 2.24) is 9.80 Å². The quantitative estimate of drug-likeness (QED) is 0.130. The lowest BCUT2D eigenvalue weighted by molar-refractivity contribution is -0.152. The summed E-state index contributed by atoms with van der Waals surface area (Å²) in [5.74, 6) is -0.161. The first-order valence-electron chi connectivity index (χ1n) is 15.3. The number of carbonyl (C=O) groups excluding carboxylic acids is 6. The van der Waals surface area contributed by atoms with Gasteiger partial charge in [0, 0.05) is 55.7 Å². The molecule has 0 aromatic heterocycles. The van der Waals surface area contributed by atoms with E-state index in [2.05, 4.69) is 5.32 Å². The highest BCUT2D eigenvalue weighted by Gasteiger charge is 2.32. The molecule has 3 N–H and O–H groups in total. The second kappa shape index (κ2) is 18.2. The van der Waals surface area contributed by atoms with Crippen LogP contribution in [0.25, 0.3) is 0 Å². The molecular formula is C32H44N4O8. The van der Waals surface area contributed by atoms with E-state index in [9.17, 15) is 28.8 Å². The van der Waals surface area contributed by atoms with Gasteiger partial charge < -0.3 is 25.3 Å². The van der Waals surface area contributed by atoms with Gasteiger partial charge in [-0.05, 0) is 62.6 Å². The number of nitrogens with one attached hydrogen (secondary N) is 1. The van der Waals surface area contributed by atoms with E-state index in [4.69, 9.17) is 15.2 Å². The average Bonchev–Trinajstić information content (AvgIpc) is 3.25. The molecule has 0 radical (unpaired) electrons. The normalized spacial score (nSPS) is 19.6. The molecule has 4 rings (SSSR count). The van der Waals surface area contributed by atoms with Gasteiger partial charge in [-0.3, -0.25) is 33.8 Å². The van der Waals surface area contributed by atoms with Gasteiger partial charge in [-0.15, -0.1) is 0 Å². The van der Waals surface area contributed by atoms with Crippen molar-refractivity contribution in [1.29, 1.82) is 0 Å². The van der Waals surface area contributed by atoms with Crippen LogP contribution in [-0.2, 0) is 44.7 Å². The van der Waals surface area contributed by atoms with E-state index in [-0.39, 0.29) is 41.9 Å². The fraction of sp³-hybridized carbons (Fsp3) is 0.562. The summed E-state index contributed by atoms with van der Waals surface area (Å²) < 4.78 is 10.5. The Morgan fingerprint density at radius 3 is 2.20 bits per heavy atom. The Balaban J connectivity index is 0.000000266. The standard InChI is InChI=1S/C19H27N3O5.C13H17NO3/c20-9-12-27-14-13-26-11-8-17(23)21-16-4-1-15(2-5-16)3-6-18(24)22-10-7-19(22)25;1-9-6-12(16)14(13(9)17)7-10-2-4-11(8-15)5-3-10/h1-2,4-5H,3,6-14,20H2,(H,21,23);6,8,10-11H,2-5,7H2,1H3. The number of β-lactam (4-membered cyclic amide) rings is 1. The Morgan fingerprint density at radius 2 is 1.66 bits per heavy atom. The minimum atomic E-state index is -0.190. The molecule has 2 aliphatic heterocycles. The molecule has 240 valence electrons. The summed E-state index contributed by atoms with van der Waals surface area (Å²) in [6.45, 7) is 4.93. The third kappa shape index (κ3) is 11.1. The zero-order chi connectivity index (χ0) is 31.9. The van der Waals surface area contributed by atoms with Gasteiger partial charge in [0.05, 0.1) is 32.8 Å². The van der Waals surface area contributed by atoms with Gasteiger partial charge in [0.15, 0.2) is 0 Å². The molecule has 12 nitrogen and oxygen atoms in total. The summed E-state index contributed by atoms with van der Waals surface area (Å²) in [6, 6.07) is 7.33. The van der Waals surface area contributed by atoms with Crippen LogP contribution in [0.5, 0.6) is 0 Å². The van der Waals surface area contributed by atoms with Crippen LogP contribution in [-0.4, -0.2) is 91.7 Å². The van der Waals surface area contributed by atoms with Gasteiger partial charge >= 0.3 is 0 Å². The summed E-state index contributed by atoms with van der Waals surface area (Å²) >= 11 is 0. The number of aryl methyl sites for hydroxylation is 1. The molecule has 5 amide bonds. The van der Waals surface area contributed by atoms with E-state index in [0.717, 1.165) is 37.5 Å². The highest BCUT2D eigenvalue weighted by atomic mass is 16.5. The maximum atomic E-state index is 11.9. The molecule has 0 atom stereocenters. The van der Waals surface area contributed by atoms with Crippen molar-refractivity contribution in [3.8, 4) is 0 Å². The summed E-state index contributed by atoms with van der Waals surface area (Å²) in [5.41, 5.74) is 7.50. The summed E-state index contributed by atoms with van der Waals surface area (Å²) in [7, 11) is 0. The van der Waals surface area contributed by atoms with Gasteiger partial charge in [-0.2, -0.15) is 0 Å². The molecule has 2 fully saturated rings. The number of imide groups is 2. The van der Waals surface area contributed by atoms with Crippen LogP contribution in [0.3, 0.4) is 0 Å². The fourth-order valence-corrected chi connectivity index (χ4v) is 5.09. The topological polar surface area (TPSA) is 165 Å². The SMILES string of the molecule is CC1=CC(=O)N(CC2CCC(C=O)CC2)C1=O.NCCOCCOCCC(=O)Nc1ccc(CCC(=O)N2CCC2=O)cc1. The molecule has 1 aliphatic carbocycles. The molecule has 1 aromatic rings. The number of carbonyl (C=O) groups is 6. The number of ether oxygens (including phenoxy) is 2. The highest BCUT2D eigenvalue weighted by Crippen LogP contribution is 2.29. The predicted molar refractivity (Wildman–Crippen MR) is 162 cm³/mol. The first-order valence-corrected chi connectivity index (χ1v) is 15.3. The Labute approximate surface area is 258 Å². The zero-order valence-corrected chi connectivity index (χ0v) is 25.5. The molecule has 0 unspecified atom stereocenters. The van der Waals surface area contributed by atoms with Crippen molar-refractivity contribution in [3.63, 3.8) is 0 Å². The van der Waals surface area contributed by atoms with E-state index in [0.29, 0.717) is 82.5 Å². The van der Waals surface area contributed by atoms with Crippen molar-refractivity contribution in [2.45, 2.75) is 58.3 Å². The maximum absolute atomic E-state index is 11.9. The second-order valence-corrected chi connectivity index (χ2v) is 11.2. The summed E-state index contributed by atoms with van der Waals surface area (Å²) in [6.07, 6.45) is 7.66. The molecule has 1 saturated heterocycles. The molecule has 12 heteroatoms. The number of likely N-dealkylation sites (tertiary alicyclic amines) is 1. The lowest BCUT2D eigenvalue weighted by atomic mass is 9.82. The molecule has 44 heavy (non-hydrogen) atoms. The first kappa shape index (κ1) is 34.7. The maximum Gasteiger partial charge on any atom is 0.256 e. The van der Waals surface area contributed by atoms with E-state index in [1.807, 2.05) is 12.1 Å². The number of nitrogens with zero attached hydrogens (tertiary/aromatic N) is 2. The van der Waals surface area contributed by atoms with Gasteiger partial charge in [0.1, 0.15) is 6.29 Å². The van der Waals surface area contributed by atoms with Crippen LogP contribution in [0.4, 0.5) is 5.69 Å². The van der Waals surface area contributed by atoms with E-state index in [1.165, 1.54) is 15.9 Å². The molecular weight excluding hydrogens is 568 g/mol. The van der Waals surface area contributed by atoms with E-state index < -0.39 is 0 Å². The summed E-state index contributed by atoms with van der Waals surface area (Å²) in [4.78, 5) is 71.5. The Morgan fingerprint density at radius 1 is 0.977 bits per heavy atom. The smallest absolute Gasteiger partial charge is 0.256 e. The monoisotopic (exact) mass is 612 g/mol. The van der Waals surface area contributed by atoms with Crippen LogP contribution >= 0.6 is 0 Å². The zero-order valence-electron chi connectivity index (χ0n) is 25.5. The van der Waals surface area contributed by atoms with Crippen molar-refractivity contribution in [2.24, 2.45) is 17.6 Å². The van der Waals surface area contributed by atoms with Crippen molar-refractivity contribution < 1.29 is 38.2 Å². The Kier molecular flexibility index (Phi) is 14.3. The minimum absolute atomic E-state index is 0.0925. The molecule has 0 spiro atoms. The van der Waals surface area contributed by atoms with Crippen molar-refractivity contribution in [3.05, 3.63) is 41.5 Å². The predicted octanol–water partition coefficient (Wildman–Crippen LogP) is 2.01. The Hall–Kier alpha value is -3.74. The third-order valence-corrected chi connectivity index (χ3v) is 7.84. The molecule has 3 aliphatic rings. The number of aldehydes is 1. The number of nitrogens with two attached hydrogens (primary N) is 1. The van der Waals surface area contributed by atoms with Gasteiger partial charge in [0.25, 0.3) is 11.8 Å². The van der Waals surface area contributed by atoms with Crippen LogP contribution in [0.1, 0.15) is 57.4 Å². The number of rotatable bonds is 15. The average molecular weight is 613 g/mol. The molecule has 2 heterocycles. The van der Waals surface area contributed by atoms with Crippen molar-refractivity contribution in [2.75, 3.05) is 51.4 Å². The van der Waals surface area contributed by atoms with Crippen LogP contribution in [0.15, 0.2) is 35.9 Å². The number of hydrogen-bond donors (Lipinski definition) is 2. The summed E-state index contributed by atoms with van der Waals surface area (Å²) in [5, 5.41) is 2.80. The minimum Gasteiger partial charge on any atom is -0.379 e.